The molecule has 0 aromatic carbocycles. The van der Waals surface area contributed by atoms with E-state index in [1.807, 2.05) is 5.32 Å². The van der Waals surface area contributed by atoms with Gasteiger partial charge in [0.2, 0.25) is 0 Å². The molecule has 0 unspecified atom stereocenters. The second-order valence-electron chi connectivity index (χ2n) is 4.22. The van der Waals surface area contributed by atoms with E-state index in [1.54, 1.807) is 6.92 Å². The number of alkyl halides is 3. The van der Waals surface area contributed by atoms with Crippen molar-refractivity contribution in [3.8, 4) is 0 Å². The molecule has 5 nitrogen and oxygen atoms in total. The Bertz CT molecular complexity index is 488. The van der Waals surface area contributed by atoms with Crippen molar-refractivity contribution in [1.82, 2.24) is 5.32 Å². The van der Waals surface area contributed by atoms with Gasteiger partial charge < -0.3 is 14.5 Å². The Balaban J connectivity index is 2.90. The van der Waals surface area contributed by atoms with Crippen LogP contribution in [-0.4, -0.2) is 31.2 Å². The van der Waals surface area contributed by atoms with Gasteiger partial charge in [0.05, 0.1) is 25.4 Å². The van der Waals surface area contributed by atoms with Crippen LogP contribution in [-0.2, 0) is 9.53 Å². The van der Waals surface area contributed by atoms with E-state index >= 15 is 0 Å². The number of nitrogens with one attached hydrogen (secondary N) is 1. The smallest absolute Gasteiger partial charge is 0.391 e. The minimum absolute atomic E-state index is 0.112. The number of hydrogen-bond donors (Lipinski definition) is 1. The average molecular weight is 293 g/mol. The van der Waals surface area contributed by atoms with Crippen LogP contribution in [0.2, 0.25) is 0 Å². The summed E-state index contributed by atoms with van der Waals surface area (Å²) in [6.07, 6.45) is -4.80. The van der Waals surface area contributed by atoms with E-state index in [9.17, 15) is 22.8 Å². The summed E-state index contributed by atoms with van der Waals surface area (Å²) >= 11 is 0. The molecule has 0 radical (unpaired) electrons. The summed E-state index contributed by atoms with van der Waals surface area (Å²) in [5, 5.41) is 2.01. The first-order valence-electron chi connectivity index (χ1n) is 5.66. The molecule has 1 amide bonds. The Morgan fingerprint density at radius 2 is 2.00 bits per heavy atom. The number of esters is 1. The molecule has 0 spiro atoms. The van der Waals surface area contributed by atoms with Gasteiger partial charge in [-0.1, -0.05) is 0 Å². The van der Waals surface area contributed by atoms with E-state index in [4.69, 9.17) is 4.42 Å². The first-order chi connectivity index (χ1) is 9.15. The van der Waals surface area contributed by atoms with Gasteiger partial charge in [-0.15, -0.1) is 0 Å². The van der Waals surface area contributed by atoms with Gasteiger partial charge in [0.25, 0.3) is 5.91 Å². The maximum atomic E-state index is 12.4. The minimum atomic E-state index is -4.60. The second-order valence-corrected chi connectivity index (χ2v) is 4.22. The number of amides is 1. The van der Waals surface area contributed by atoms with Gasteiger partial charge in [0.1, 0.15) is 11.8 Å². The summed E-state index contributed by atoms with van der Waals surface area (Å²) in [6.45, 7) is 3.07. The molecule has 1 rings (SSSR count). The summed E-state index contributed by atoms with van der Waals surface area (Å²) in [6, 6.07) is -1.79. The van der Waals surface area contributed by atoms with Gasteiger partial charge >= 0.3 is 12.1 Å². The number of rotatable bonds is 4. The van der Waals surface area contributed by atoms with Crippen LogP contribution in [0.15, 0.2) is 10.7 Å². The third-order valence-corrected chi connectivity index (χ3v) is 2.61. The minimum Gasteiger partial charge on any atom is -0.469 e. The lowest BCUT2D eigenvalue weighted by atomic mass is 10.1. The zero-order chi connectivity index (χ0) is 15.5. The molecule has 1 heterocycles. The number of hydrogen-bond acceptors (Lipinski definition) is 4. The fraction of sp³-hybridized carbons (Fsp3) is 0.500. The highest BCUT2D eigenvalue weighted by atomic mass is 19.4. The van der Waals surface area contributed by atoms with E-state index in [0.717, 1.165) is 7.11 Å². The highest BCUT2D eigenvalue weighted by Crippen LogP contribution is 2.23. The number of carbonyl (C=O) groups is 2. The van der Waals surface area contributed by atoms with E-state index in [0.29, 0.717) is 5.56 Å². The average Bonchev–Trinajstić information content (AvgIpc) is 2.65. The molecule has 1 atom stereocenters. The second kappa shape index (κ2) is 5.98. The monoisotopic (exact) mass is 293 g/mol. The lowest BCUT2D eigenvalue weighted by molar-refractivity contribution is -0.160. The number of ether oxygens (including phenoxy) is 1. The highest BCUT2D eigenvalue weighted by molar-refractivity contribution is 5.98. The third kappa shape index (κ3) is 4.01. The van der Waals surface area contributed by atoms with Gasteiger partial charge in [0, 0.05) is 5.56 Å². The number of halogens is 3. The fourth-order valence-electron chi connectivity index (χ4n) is 1.71. The van der Waals surface area contributed by atoms with Crippen LogP contribution in [0.4, 0.5) is 13.2 Å². The van der Waals surface area contributed by atoms with Crippen LogP contribution in [0.25, 0.3) is 0 Å². The van der Waals surface area contributed by atoms with E-state index in [-0.39, 0.29) is 11.3 Å². The lowest BCUT2D eigenvalue weighted by Crippen LogP contribution is -2.44. The molecular weight excluding hydrogens is 279 g/mol. The maximum absolute atomic E-state index is 12.4. The van der Waals surface area contributed by atoms with Crippen LogP contribution >= 0.6 is 0 Å². The van der Waals surface area contributed by atoms with Crippen LogP contribution in [0, 0.1) is 13.8 Å². The molecule has 1 N–H and O–H groups in total. The summed E-state index contributed by atoms with van der Waals surface area (Å²) in [5.74, 6) is -1.71. The van der Waals surface area contributed by atoms with Crippen LogP contribution in [0.3, 0.4) is 0 Å². The van der Waals surface area contributed by atoms with Crippen molar-refractivity contribution in [2.75, 3.05) is 7.11 Å². The normalized spacial score (nSPS) is 12.9. The largest absolute Gasteiger partial charge is 0.469 e. The number of methoxy groups -OCH3 is 1. The van der Waals surface area contributed by atoms with Crippen molar-refractivity contribution in [3.05, 3.63) is 23.2 Å². The van der Waals surface area contributed by atoms with E-state index in [2.05, 4.69) is 4.74 Å². The van der Waals surface area contributed by atoms with Gasteiger partial charge in [0.15, 0.2) is 0 Å². The summed E-state index contributed by atoms with van der Waals surface area (Å²) < 4.78 is 46.4. The Hall–Kier alpha value is -1.99. The van der Waals surface area contributed by atoms with Crippen LogP contribution in [0.5, 0.6) is 0 Å². The van der Waals surface area contributed by atoms with Crippen molar-refractivity contribution in [1.29, 1.82) is 0 Å². The SMILES string of the molecule is COC(=O)[C@@H](CC(F)(F)F)NC(=O)c1c(C)coc1C. The molecule has 0 bridgehead atoms. The van der Waals surface area contributed by atoms with Crippen molar-refractivity contribution in [2.45, 2.75) is 32.5 Å². The third-order valence-electron chi connectivity index (χ3n) is 2.61. The molecule has 1 aromatic rings. The first kappa shape index (κ1) is 16.1. The predicted octanol–water partition coefficient (Wildman–Crippen LogP) is 2.12. The zero-order valence-electron chi connectivity index (χ0n) is 11.1. The molecular formula is C12H14F3NO4. The quantitative estimate of drug-likeness (QED) is 0.863. The van der Waals surface area contributed by atoms with Crippen LogP contribution in [0.1, 0.15) is 28.1 Å². The van der Waals surface area contributed by atoms with Crippen molar-refractivity contribution >= 4 is 11.9 Å². The van der Waals surface area contributed by atoms with Gasteiger partial charge in [-0.3, -0.25) is 4.79 Å². The topological polar surface area (TPSA) is 68.5 Å². The highest BCUT2D eigenvalue weighted by Gasteiger charge is 2.37. The van der Waals surface area contributed by atoms with E-state index < -0.39 is 30.5 Å². The van der Waals surface area contributed by atoms with Crippen molar-refractivity contribution in [3.63, 3.8) is 0 Å². The molecule has 8 heteroatoms. The summed E-state index contributed by atoms with van der Waals surface area (Å²) in [5.41, 5.74) is 0.580. The Kier molecular flexibility index (Phi) is 4.80. The molecule has 0 aliphatic carbocycles. The number of aryl methyl sites for hydroxylation is 2. The first-order valence-corrected chi connectivity index (χ1v) is 5.66. The molecule has 20 heavy (non-hydrogen) atoms. The lowest BCUT2D eigenvalue weighted by Gasteiger charge is -2.18. The molecule has 0 fully saturated rings. The molecule has 112 valence electrons. The molecule has 0 saturated heterocycles. The van der Waals surface area contributed by atoms with Gasteiger partial charge in [-0.05, 0) is 13.8 Å². The summed E-state index contributed by atoms with van der Waals surface area (Å²) in [4.78, 5) is 23.2. The Morgan fingerprint density at radius 3 is 2.40 bits per heavy atom. The van der Waals surface area contributed by atoms with Gasteiger partial charge in [-0.2, -0.15) is 13.2 Å². The fourth-order valence-corrected chi connectivity index (χ4v) is 1.71. The Labute approximate surface area is 113 Å². The van der Waals surface area contributed by atoms with Gasteiger partial charge in [-0.25, -0.2) is 4.79 Å². The number of furan rings is 1. The maximum Gasteiger partial charge on any atom is 0.391 e. The zero-order valence-corrected chi connectivity index (χ0v) is 11.1. The molecule has 1 aromatic heterocycles. The molecule has 0 aliphatic rings. The van der Waals surface area contributed by atoms with E-state index in [1.165, 1.54) is 13.2 Å². The number of carbonyl (C=O) groups excluding carboxylic acids is 2. The predicted molar refractivity (Wildman–Crippen MR) is 62.1 cm³/mol. The van der Waals surface area contributed by atoms with Crippen molar-refractivity contribution < 1.29 is 31.9 Å². The molecule has 0 aliphatic heterocycles. The Morgan fingerprint density at radius 1 is 1.40 bits per heavy atom. The standard InChI is InChI=1S/C12H14F3NO4/c1-6-5-20-7(2)9(6)10(17)16-8(11(18)19-3)4-12(13,14)15/h5,8H,4H2,1-3H3,(H,16,17)/t8-/m1/s1. The van der Waals surface area contributed by atoms with Crippen molar-refractivity contribution in [2.24, 2.45) is 0 Å². The van der Waals surface area contributed by atoms with Crippen LogP contribution < -0.4 is 5.32 Å². The summed E-state index contributed by atoms with van der Waals surface area (Å²) in [7, 11) is 0.951. The molecule has 0 saturated carbocycles.